The highest BCUT2D eigenvalue weighted by Gasteiger charge is 2.37. The highest BCUT2D eigenvalue weighted by atomic mass is 35.5. The molecule has 0 saturated carbocycles. The summed E-state index contributed by atoms with van der Waals surface area (Å²) in [6, 6.07) is 0.185. The molecule has 3 rings (SSSR count). The van der Waals surface area contributed by atoms with Crippen molar-refractivity contribution in [1.82, 2.24) is 19.7 Å². The van der Waals surface area contributed by atoms with E-state index in [-0.39, 0.29) is 35.2 Å². The van der Waals surface area contributed by atoms with E-state index in [1.807, 2.05) is 11.8 Å². The first-order chi connectivity index (χ1) is 11.8. The summed E-state index contributed by atoms with van der Waals surface area (Å²) in [4.78, 5) is 14.9. The van der Waals surface area contributed by atoms with Crippen molar-refractivity contribution in [3.63, 3.8) is 0 Å². The molecule has 148 valence electrons. The van der Waals surface area contributed by atoms with Crippen LogP contribution in [0.25, 0.3) is 0 Å². The predicted octanol–water partition coefficient (Wildman–Crippen LogP) is 0.934. The summed E-state index contributed by atoms with van der Waals surface area (Å²) in [5.74, 6) is 0.366. The zero-order valence-corrected chi connectivity index (χ0v) is 17.0. The van der Waals surface area contributed by atoms with Crippen LogP contribution < -0.4 is 5.32 Å². The summed E-state index contributed by atoms with van der Waals surface area (Å²) in [6.45, 7) is 8.33. The minimum absolute atomic E-state index is 0. The van der Waals surface area contributed by atoms with Gasteiger partial charge in [-0.15, -0.1) is 12.4 Å². The highest BCUT2D eigenvalue weighted by Crippen LogP contribution is 2.28. The quantitative estimate of drug-likeness (QED) is 0.802. The smallest absolute Gasteiger partial charge is 0.248 e. The Balaban J connectivity index is 0.00000243. The first-order valence-corrected chi connectivity index (χ1v) is 10.2. The van der Waals surface area contributed by atoms with Crippen LogP contribution in [-0.4, -0.2) is 67.5 Å². The summed E-state index contributed by atoms with van der Waals surface area (Å²) >= 11 is 0. The van der Waals surface area contributed by atoms with Gasteiger partial charge in [-0.3, -0.25) is 4.79 Å². The van der Waals surface area contributed by atoms with Gasteiger partial charge in [-0.2, -0.15) is 4.31 Å². The Hall–Kier alpha value is -1.16. The largest absolute Gasteiger partial charge is 0.360 e. The van der Waals surface area contributed by atoms with E-state index in [0.29, 0.717) is 37.4 Å². The maximum absolute atomic E-state index is 12.8. The van der Waals surface area contributed by atoms with Gasteiger partial charge in [-0.05, 0) is 33.6 Å². The number of nitrogens with zero attached hydrogens (tertiary/aromatic N) is 3. The van der Waals surface area contributed by atoms with Crippen molar-refractivity contribution in [3.05, 3.63) is 11.5 Å². The van der Waals surface area contributed by atoms with E-state index < -0.39 is 10.0 Å². The molecule has 0 spiro atoms. The molecule has 1 amide bonds. The Kier molecular flexibility index (Phi) is 6.70. The number of rotatable bonds is 3. The van der Waals surface area contributed by atoms with Crippen LogP contribution in [0.2, 0.25) is 0 Å². The lowest BCUT2D eigenvalue weighted by Gasteiger charge is -2.38. The van der Waals surface area contributed by atoms with Gasteiger partial charge >= 0.3 is 0 Å². The molecular formula is C16H27ClN4O4S. The van der Waals surface area contributed by atoms with Crippen LogP contribution in [0, 0.1) is 19.8 Å². The fraction of sp³-hybridized carbons (Fsp3) is 0.750. The molecule has 0 radical (unpaired) electrons. The molecule has 2 aliphatic heterocycles. The maximum atomic E-state index is 12.8. The van der Waals surface area contributed by atoms with Gasteiger partial charge in [0.2, 0.25) is 15.9 Å². The van der Waals surface area contributed by atoms with E-state index in [1.165, 1.54) is 4.31 Å². The molecule has 3 heterocycles. The summed E-state index contributed by atoms with van der Waals surface area (Å²) in [5.41, 5.74) is 0.380. The van der Waals surface area contributed by atoms with Gasteiger partial charge in [0.15, 0.2) is 5.76 Å². The minimum atomic E-state index is -3.62. The Bertz CT molecular complexity index is 724. The molecule has 0 aliphatic carbocycles. The molecule has 0 bridgehead atoms. The number of piperidine rings is 1. The molecule has 8 nitrogen and oxygen atoms in total. The fourth-order valence-corrected chi connectivity index (χ4v) is 5.48. The number of amides is 1. The van der Waals surface area contributed by atoms with Gasteiger partial charge in [-0.25, -0.2) is 8.42 Å². The van der Waals surface area contributed by atoms with Gasteiger partial charge in [-0.1, -0.05) is 5.16 Å². The van der Waals surface area contributed by atoms with E-state index >= 15 is 0 Å². The molecular weight excluding hydrogens is 380 g/mol. The molecule has 2 aliphatic rings. The topological polar surface area (TPSA) is 95.8 Å². The van der Waals surface area contributed by atoms with Gasteiger partial charge in [0, 0.05) is 44.7 Å². The Morgan fingerprint density at radius 3 is 2.42 bits per heavy atom. The van der Waals surface area contributed by atoms with Crippen LogP contribution in [0.15, 0.2) is 9.42 Å². The van der Waals surface area contributed by atoms with E-state index in [2.05, 4.69) is 10.5 Å². The summed E-state index contributed by atoms with van der Waals surface area (Å²) in [6.07, 6.45) is 1.11. The van der Waals surface area contributed by atoms with Crippen molar-refractivity contribution in [3.8, 4) is 0 Å². The van der Waals surface area contributed by atoms with Crippen molar-refractivity contribution in [1.29, 1.82) is 0 Å². The highest BCUT2D eigenvalue weighted by molar-refractivity contribution is 7.89. The Labute approximate surface area is 160 Å². The van der Waals surface area contributed by atoms with Crippen LogP contribution in [0.1, 0.15) is 31.2 Å². The first-order valence-electron chi connectivity index (χ1n) is 8.76. The van der Waals surface area contributed by atoms with E-state index in [9.17, 15) is 13.2 Å². The van der Waals surface area contributed by atoms with Crippen molar-refractivity contribution in [2.24, 2.45) is 5.92 Å². The Morgan fingerprint density at radius 1 is 1.23 bits per heavy atom. The number of carbonyl (C=O) groups is 1. The van der Waals surface area contributed by atoms with Gasteiger partial charge in [0.1, 0.15) is 10.6 Å². The second kappa shape index (κ2) is 8.24. The van der Waals surface area contributed by atoms with Crippen LogP contribution in [-0.2, 0) is 14.8 Å². The SMILES string of the molecule is Cc1noc(C)c1S(=O)(=O)N1CCC(C(=O)N2CCNC[C@H]2C)CC1.Cl. The van der Waals surface area contributed by atoms with Crippen LogP contribution >= 0.6 is 12.4 Å². The summed E-state index contributed by atoms with van der Waals surface area (Å²) in [5, 5.41) is 7.02. The van der Waals surface area contributed by atoms with E-state index in [0.717, 1.165) is 19.6 Å². The first kappa shape index (κ1) is 21.1. The summed E-state index contributed by atoms with van der Waals surface area (Å²) < 4.78 is 32.1. The molecule has 26 heavy (non-hydrogen) atoms. The number of sulfonamides is 1. The molecule has 2 fully saturated rings. The standard InChI is InChI=1S/C16H26N4O4S.ClH/c1-11-10-17-6-9-20(11)16(21)14-4-7-19(8-5-14)25(22,23)15-12(2)18-24-13(15)3;/h11,14,17H,4-10H2,1-3H3;1H/t11-;/m1./s1. The third kappa shape index (κ3) is 3.90. The monoisotopic (exact) mass is 406 g/mol. The van der Waals surface area contributed by atoms with Crippen molar-refractivity contribution in [2.45, 2.75) is 44.6 Å². The summed E-state index contributed by atoms with van der Waals surface area (Å²) in [7, 11) is -3.62. The molecule has 0 unspecified atom stereocenters. The van der Waals surface area contributed by atoms with Crippen LogP contribution in [0.5, 0.6) is 0 Å². The number of piperazine rings is 1. The second-order valence-electron chi connectivity index (χ2n) is 6.92. The number of carbonyl (C=O) groups excluding carboxylic acids is 1. The van der Waals surface area contributed by atoms with Crippen molar-refractivity contribution < 1.29 is 17.7 Å². The molecule has 0 aromatic carbocycles. The lowest BCUT2D eigenvalue weighted by atomic mass is 9.95. The van der Waals surface area contributed by atoms with Crippen LogP contribution in [0.3, 0.4) is 0 Å². The average molecular weight is 407 g/mol. The van der Waals surface area contributed by atoms with Crippen molar-refractivity contribution in [2.75, 3.05) is 32.7 Å². The van der Waals surface area contributed by atoms with Gasteiger partial charge < -0.3 is 14.7 Å². The van der Waals surface area contributed by atoms with E-state index in [1.54, 1.807) is 13.8 Å². The number of hydrogen-bond donors (Lipinski definition) is 1. The second-order valence-corrected chi connectivity index (χ2v) is 8.79. The zero-order valence-electron chi connectivity index (χ0n) is 15.4. The number of aromatic nitrogens is 1. The van der Waals surface area contributed by atoms with Gasteiger partial charge in [0.25, 0.3) is 0 Å². The number of halogens is 1. The van der Waals surface area contributed by atoms with Crippen LogP contribution in [0.4, 0.5) is 0 Å². The third-order valence-electron chi connectivity index (χ3n) is 5.15. The fourth-order valence-electron chi connectivity index (χ4n) is 3.72. The van der Waals surface area contributed by atoms with E-state index in [4.69, 9.17) is 4.52 Å². The maximum Gasteiger partial charge on any atom is 0.248 e. The predicted molar refractivity (Wildman–Crippen MR) is 98.8 cm³/mol. The van der Waals surface area contributed by atoms with Gasteiger partial charge in [0.05, 0.1) is 0 Å². The molecule has 2 saturated heterocycles. The Morgan fingerprint density at radius 2 is 1.88 bits per heavy atom. The number of hydrogen-bond acceptors (Lipinski definition) is 6. The molecule has 1 atom stereocenters. The zero-order chi connectivity index (χ0) is 18.2. The third-order valence-corrected chi connectivity index (χ3v) is 7.30. The molecule has 10 heteroatoms. The lowest BCUT2D eigenvalue weighted by Crippen LogP contribution is -2.55. The molecule has 1 aromatic rings. The molecule has 1 aromatic heterocycles. The van der Waals surface area contributed by atoms with Crippen molar-refractivity contribution >= 4 is 28.3 Å². The number of aryl methyl sites for hydroxylation is 2. The average Bonchev–Trinajstić information content (AvgIpc) is 2.94. The lowest BCUT2D eigenvalue weighted by molar-refractivity contribution is -0.139. The molecule has 1 N–H and O–H groups in total. The minimum Gasteiger partial charge on any atom is -0.360 e. The normalized spacial score (nSPS) is 22.9. The number of nitrogens with one attached hydrogen (secondary N) is 1.